The zero-order chi connectivity index (χ0) is 15.4. The highest BCUT2D eigenvalue weighted by Gasteiger charge is 2.16. The van der Waals surface area contributed by atoms with E-state index in [1.54, 1.807) is 0 Å². The molecule has 3 heteroatoms. The fourth-order valence-corrected chi connectivity index (χ4v) is 3.03. The van der Waals surface area contributed by atoms with Gasteiger partial charge in [-0.1, -0.05) is 56.2 Å². The quantitative estimate of drug-likeness (QED) is 0.653. The Hall–Kier alpha value is -2.13. The van der Waals surface area contributed by atoms with Crippen LogP contribution in [0.25, 0.3) is 16.8 Å². The number of unbranched alkanes of at least 4 members (excludes halogenated alkanes) is 2. The molecule has 3 rings (SSSR count). The van der Waals surface area contributed by atoms with Crippen LogP contribution < -0.4 is 10.9 Å². The number of carbonyl (C=O) groups is 1. The van der Waals surface area contributed by atoms with Gasteiger partial charge in [-0.05, 0) is 40.8 Å². The molecule has 0 bridgehead atoms. The van der Waals surface area contributed by atoms with Gasteiger partial charge in [-0.15, -0.1) is 0 Å². The van der Waals surface area contributed by atoms with E-state index in [9.17, 15) is 4.79 Å². The lowest BCUT2D eigenvalue weighted by Crippen LogP contribution is -2.25. The average molecular weight is 294 g/mol. The molecule has 1 aliphatic rings. The summed E-state index contributed by atoms with van der Waals surface area (Å²) in [6.45, 7) is 2.80. The van der Waals surface area contributed by atoms with Crippen molar-refractivity contribution in [2.75, 3.05) is 6.54 Å². The summed E-state index contributed by atoms with van der Waals surface area (Å²) in [6, 6.07) is 12.8. The summed E-state index contributed by atoms with van der Waals surface area (Å²) in [5.41, 5.74) is 8.82. The Morgan fingerprint density at radius 3 is 2.68 bits per heavy atom. The highest BCUT2D eigenvalue weighted by atomic mass is 16.2. The first-order chi connectivity index (χ1) is 10.8. The molecule has 1 heterocycles. The van der Waals surface area contributed by atoms with Gasteiger partial charge >= 0.3 is 0 Å². The zero-order valence-corrected chi connectivity index (χ0v) is 13.0. The number of hydrazine groups is 1. The Balaban J connectivity index is 2.04. The molecule has 0 saturated carbocycles. The van der Waals surface area contributed by atoms with E-state index in [0.717, 1.165) is 17.6 Å². The van der Waals surface area contributed by atoms with Crippen molar-refractivity contribution in [2.45, 2.75) is 32.6 Å². The van der Waals surface area contributed by atoms with Crippen molar-refractivity contribution in [1.29, 1.82) is 0 Å². The average Bonchev–Trinajstić information content (AvgIpc) is 2.93. The lowest BCUT2D eigenvalue weighted by Gasteiger charge is -2.10. The second kappa shape index (κ2) is 6.75. The van der Waals surface area contributed by atoms with Crippen LogP contribution in [0.15, 0.2) is 42.0 Å². The molecule has 1 aliphatic heterocycles. The molecule has 2 aromatic carbocycles. The molecule has 1 saturated heterocycles. The smallest absolute Gasteiger partial charge is 0.262 e. The van der Waals surface area contributed by atoms with Crippen molar-refractivity contribution >= 4 is 22.8 Å². The minimum atomic E-state index is -0.0273. The van der Waals surface area contributed by atoms with Crippen molar-refractivity contribution in [3.05, 3.63) is 53.1 Å². The van der Waals surface area contributed by atoms with Crippen LogP contribution in [0.2, 0.25) is 0 Å². The maximum Gasteiger partial charge on any atom is 0.262 e. The number of nitrogens with one attached hydrogen (secondary N) is 2. The maximum absolute atomic E-state index is 11.8. The minimum absolute atomic E-state index is 0.0273. The molecular weight excluding hydrogens is 272 g/mol. The summed E-state index contributed by atoms with van der Waals surface area (Å²) >= 11 is 0. The Morgan fingerprint density at radius 1 is 1.14 bits per heavy atom. The van der Waals surface area contributed by atoms with Crippen molar-refractivity contribution < 1.29 is 4.79 Å². The third-order valence-corrected chi connectivity index (χ3v) is 4.18. The van der Waals surface area contributed by atoms with Gasteiger partial charge in [0.1, 0.15) is 0 Å². The summed E-state index contributed by atoms with van der Waals surface area (Å²) < 4.78 is 0. The predicted octanol–water partition coefficient (Wildman–Crippen LogP) is 3.59. The molecule has 2 aromatic rings. The lowest BCUT2D eigenvalue weighted by molar-refractivity contribution is -0.116. The fraction of sp³-hybridized carbons (Fsp3) is 0.316. The second-order valence-electron chi connectivity index (χ2n) is 5.80. The van der Waals surface area contributed by atoms with Gasteiger partial charge in [-0.2, -0.15) is 0 Å². The Kier molecular flexibility index (Phi) is 4.54. The number of aryl methyl sites for hydroxylation is 1. The van der Waals surface area contributed by atoms with Crippen LogP contribution in [-0.4, -0.2) is 12.5 Å². The number of fused-ring (bicyclic) bond motifs is 1. The van der Waals surface area contributed by atoms with E-state index in [-0.39, 0.29) is 5.91 Å². The SMILES string of the molecule is CCCCCc1cccc2cccc(/C=C3\CNNC3=O)c12. The van der Waals surface area contributed by atoms with Gasteiger partial charge < -0.3 is 0 Å². The van der Waals surface area contributed by atoms with Gasteiger partial charge in [0.2, 0.25) is 0 Å². The van der Waals surface area contributed by atoms with Gasteiger partial charge in [0.05, 0.1) is 0 Å². The van der Waals surface area contributed by atoms with Crippen LogP contribution in [0.1, 0.15) is 37.3 Å². The van der Waals surface area contributed by atoms with Crippen LogP contribution in [0, 0.1) is 0 Å². The van der Waals surface area contributed by atoms with Gasteiger partial charge in [-0.3, -0.25) is 10.2 Å². The van der Waals surface area contributed by atoms with Gasteiger partial charge in [0, 0.05) is 12.1 Å². The van der Waals surface area contributed by atoms with Crippen molar-refractivity contribution in [3.63, 3.8) is 0 Å². The summed E-state index contributed by atoms with van der Waals surface area (Å²) in [5.74, 6) is -0.0273. The van der Waals surface area contributed by atoms with Crippen LogP contribution in [0.3, 0.4) is 0 Å². The topological polar surface area (TPSA) is 41.1 Å². The van der Waals surface area contributed by atoms with Crippen molar-refractivity contribution in [1.82, 2.24) is 10.9 Å². The first-order valence-electron chi connectivity index (χ1n) is 8.04. The van der Waals surface area contributed by atoms with Crippen LogP contribution in [0.5, 0.6) is 0 Å². The summed E-state index contributed by atoms with van der Waals surface area (Å²) in [4.78, 5) is 11.8. The van der Waals surface area contributed by atoms with E-state index < -0.39 is 0 Å². The molecule has 1 fully saturated rings. The predicted molar refractivity (Wildman–Crippen MR) is 91.3 cm³/mol. The second-order valence-corrected chi connectivity index (χ2v) is 5.80. The Bertz CT molecular complexity index is 713. The maximum atomic E-state index is 11.8. The number of rotatable bonds is 5. The molecule has 0 unspecified atom stereocenters. The number of carbonyl (C=O) groups excluding carboxylic acids is 1. The third-order valence-electron chi connectivity index (χ3n) is 4.18. The van der Waals surface area contributed by atoms with Crippen LogP contribution >= 0.6 is 0 Å². The Morgan fingerprint density at radius 2 is 1.95 bits per heavy atom. The van der Waals surface area contributed by atoms with Gasteiger partial charge in [-0.25, -0.2) is 5.43 Å². The molecule has 0 atom stereocenters. The van der Waals surface area contributed by atoms with E-state index in [4.69, 9.17) is 0 Å². The van der Waals surface area contributed by atoms with Crippen molar-refractivity contribution in [2.24, 2.45) is 0 Å². The molecule has 22 heavy (non-hydrogen) atoms. The minimum Gasteiger partial charge on any atom is -0.287 e. The molecule has 0 spiro atoms. The molecule has 1 amide bonds. The lowest BCUT2D eigenvalue weighted by atomic mass is 9.95. The van der Waals surface area contributed by atoms with E-state index in [2.05, 4.69) is 54.2 Å². The van der Waals surface area contributed by atoms with E-state index in [0.29, 0.717) is 6.54 Å². The monoisotopic (exact) mass is 294 g/mol. The first-order valence-corrected chi connectivity index (χ1v) is 8.04. The molecular formula is C19H22N2O. The molecule has 0 radical (unpaired) electrons. The fourth-order valence-electron chi connectivity index (χ4n) is 3.03. The van der Waals surface area contributed by atoms with Gasteiger partial charge in [0.25, 0.3) is 5.91 Å². The summed E-state index contributed by atoms with van der Waals surface area (Å²) in [5, 5.41) is 2.53. The summed E-state index contributed by atoms with van der Waals surface area (Å²) in [7, 11) is 0. The number of amides is 1. The number of hydrogen-bond donors (Lipinski definition) is 2. The number of hydrogen-bond acceptors (Lipinski definition) is 2. The molecule has 2 N–H and O–H groups in total. The standard InChI is InChI=1S/C19H22N2O/c1-2-3-4-7-14-8-5-9-15-10-6-11-16(18(14)15)12-17-13-20-21-19(17)22/h5-6,8-12,20H,2-4,7,13H2,1H3,(H,21,22)/b17-12+. The zero-order valence-electron chi connectivity index (χ0n) is 13.0. The van der Waals surface area contributed by atoms with Gasteiger partial charge in [0.15, 0.2) is 0 Å². The highest BCUT2D eigenvalue weighted by molar-refractivity contribution is 6.03. The molecule has 0 aliphatic carbocycles. The van der Waals surface area contributed by atoms with E-state index in [1.165, 1.54) is 35.6 Å². The third kappa shape index (κ3) is 3.04. The van der Waals surface area contributed by atoms with Crippen molar-refractivity contribution in [3.8, 4) is 0 Å². The summed E-state index contributed by atoms with van der Waals surface area (Å²) in [6.07, 6.45) is 6.80. The van der Waals surface area contributed by atoms with E-state index in [1.807, 2.05) is 6.08 Å². The largest absolute Gasteiger partial charge is 0.287 e. The number of benzene rings is 2. The Labute approximate surface area is 131 Å². The molecule has 114 valence electrons. The van der Waals surface area contributed by atoms with E-state index >= 15 is 0 Å². The van der Waals surface area contributed by atoms with Crippen LogP contribution in [0.4, 0.5) is 0 Å². The molecule has 3 nitrogen and oxygen atoms in total. The normalized spacial score (nSPS) is 16.4. The first kappa shape index (κ1) is 14.8. The molecule has 0 aromatic heterocycles. The highest BCUT2D eigenvalue weighted by Crippen LogP contribution is 2.26. The van der Waals surface area contributed by atoms with Crippen LogP contribution in [-0.2, 0) is 11.2 Å².